The second kappa shape index (κ2) is 10.00. The van der Waals surface area contributed by atoms with Crippen molar-refractivity contribution in [2.24, 2.45) is 0 Å². The van der Waals surface area contributed by atoms with E-state index < -0.39 is 6.04 Å². The van der Waals surface area contributed by atoms with Crippen LogP contribution < -0.4 is 15.4 Å². The number of hydrogen-bond donors (Lipinski definition) is 2. The molecule has 7 nitrogen and oxygen atoms in total. The molecule has 0 aliphatic heterocycles. The van der Waals surface area contributed by atoms with Gasteiger partial charge in [0.15, 0.2) is 0 Å². The molecule has 30 heavy (non-hydrogen) atoms. The summed E-state index contributed by atoms with van der Waals surface area (Å²) in [4.78, 5) is 24.4. The number of aromatic nitrogens is 2. The first-order chi connectivity index (χ1) is 14.4. The lowest BCUT2D eigenvalue weighted by Gasteiger charge is -2.11. The lowest BCUT2D eigenvalue weighted by atomic mass is 10.2. The molecule has 154 valence electrons. The van der Waals surface area contributed by atoms with E-state index in [9.17, 15) is 9.59 Å². The van der Waals surface area contributed by atoms with E-state index in [0.717, 1.165) is 16.9 Å². The molecule has 0 unspecified atom stereocenters. The second-order valence-electron chi connectivity index (χ2n) is 6.25. The zero-order chi connectivity index (χ0) is 21.5. The topological polar surface area (TPSA) is 93.2 Å². The summed E-state index contributed by atoms with van der Waals surface area (Å²) in [6.07, 6.45) is 3.03. The first-order valence-corrected chi connectivity index (χ1v) is 10.2. The molecule has 0 radical (unpaired) electrons. The molecule has 9 heteroatoms. The third-order valence-corrected chi connectivity index (χ3v) is 5.18. The van der Waals surface area contributed by atoms with Crippen LogP contribution in [0.5, 0.6) is 5.75 Å². The van der Waals surface area contributed by atoms with Crippen LogP contribution in [-0.2, 0) is 9.59 Å². The van der Waals surface area contributed by atoms with Gasteiger partial charge in [-0.05, 0) is 42.8 Å². The Kier molecular flexibility index (Phi) is 7.16. The quantitative estimate of drug-likeness (QED) is 0.539. The van der Waals surface area contributed by atoms with Gasteiger partial charge < -0.3 is 10.1 Å². The van der Waals surface area contributed by atoms with Crippen molar-refractivity contribution in [2.75, 3.05) is 12.4 Å². The van der Waals surface area contributed by atoms with Gasteiger partial charge in [-0.25, -0.2) is 0 Å². The third kappa shape index (κ3) is 5.88. The lowest BCUT2D eigenvalue weighted by molar-refractivity contribution is -0.123. The largest absolute Gasteiger partial charge is 0.497 e. The molecule has 1 atom stereocenters. The Labute approximate surface area is 182 Å². The predicted octanol–water partition coefficient (Wildman–Crippen LogP) is 4.02. The second-order valence-corrected chi connectivity index (χ2v) is 7.66. The molecule has 0 aliphatic rings. The summed E-state index contributed by atoms with van der Waals surface area (Å²) in [6, 6.07) is 13.7. The van der Waals surface area contributed by atoms with Gasteiger partial charge in [-0.15, -0.1) is 10.2 Å². The highest BCUT2D eigenvalue weighted by molar-refractivity contribution is 7.18. The highest BCUT2D eigenvalue weighted by atomic mass is 35.5. The Morgan fingerprint density at radius 3 is 2.47 bits per heavy atom. The zero-order valence-corrected chi connectivity index (χ0v) is 17.8. The van der Waals surface area contributed by atoms with Crippen LogP contribution >= 0.6 is 22.9 Å². The molecule has 0 aliphatic carbocycles. The van der Waals surface area contributed by atoms with Crippen LogP contribution in [0.15, 0.2) is 54.6 Å². The maximum Gasteiger partial charge on any atom is 0.248 e. The molecule has 1 heterocycles. The highest BCUT2D eigenvalue weighted by Crippen LogP contribution is 2.27. The summed E-state index contributed by atoms with van der Waals surface area (Å²) >= 11 is 7.12. The number of hydrogen-bond acceptors (Lipinski definition) is 6. The van der Waals surface area contributed by atoms with Crippen molar-refractivity contribution < 1.29 is 14.3 Å². The molecule has 2 N–H and O–H groups in total. The number of rotatable bonds is 7. The molecule has 0 saturated heterocycles. The van der Waals surface area contributed by atoms with Gasteiger partial charge in [0.25, 0.3) is 0 Å². The van der Waals surface area contributed by atoms with E-state index in [2.05, 4.69) is 20.8 Å². The minimum atomic E-state index is -0.749. The van der Waals surface area contributed by atoms with Gasteiger partial charge in [-0.3, -0.25) is 14.9 Å². The first-order valence-electron chi connectivity index (χ1n) is 8.97. The summed E-state index contributed by atoms with van der Waals surface area (Å²) in [5.41, 5.74) is 1.69. The fourth-order valence-electron chi connectivity index (χ4n) is 2.41. The number of nitrogens with zero attached hydrogens (tertiary/aromatic N) is 2. The minimum Gasteiger partial charge on any atom is -0.497 e. The number of benzene rings is 2. The number of ether oxygens (including phenoxy) is 1. The van der Waals surface area contributed by atoms with Gasteiger partial charge in [-0.1, -0.05) is 47.2 Å². The predicted molar refractivity (Wildman–Crippen MR) is 119 cm³/mol. The van der Waals surface area contributed by atoms with Gasteiger partial charge in [0.05, 0.1) is 7.11 Å². The third-order valence-electron chi connectivity index (χ3n) is 4.04. The Hall–Kier alpha value is -3.23. The van der Waals surface area contributed by atoms with Crippen LogP contribution in [0.2, 0.25) is 5.02 Å². The number of anilines is 1. The normalized spacial score (nSPS) is 11.8. The zero-order valence-electron chi connectivity index (χ0n) is 16.3. The van der Waals surface area contributed by atoms with Crippen LogP contribution in [-0.4, -0.2) is 35.2 Å². The minimum absolute atomic E-state index is 0.347. The SMILES string of the molecule is COc1ccc(/C=C/C(=O)N[C@H](C)C(=O)Nc2nnc(-c3ccc(Cl)cc3)s2)cc1. The summed E-state index contributed by atoms with van der Waals surface area (Å²) in [6.45, 7) is 1.59. The molecule has 0 bridgehead atoms. The maximum atomic E-state index is 12.3. The van der Waals surface area contributed by atoms with Crippen molar-refractivity contribution in [3.05, 3.63) is 65.2 Å². The Balaban J connectivity index is 1.53. The van der Waals surface area contributed by atoms with E-state index in [0.29, 0.717) is 15.2 Å². The Bertz CT molecular complexity index is 1050. The fraction of sp³-hybridized carbons (Fsp3) is 0.143. The van der Waals surface area contributed by atoms with E-state index in [1.54, 1.807) is 44.4 Å². The van der Waals surface area contributed by atoms with Crippen LogP contribution in [0.1, 0.15) is 12.5 Å². The number of amides is 2. The molecular weight excluding hydrogens is 424 g/mol. The van der Waals surface area contributed by atoms with Crippen LogP contribution in [0.25, 0.3) is 16.6 Å². The van der Waals surface area contributed by atoms with E-state index in [1.165, 1.54) is 17.4 Å². The Morgan fingerprint density at radius 2 is 1.80 bits per heavy atom. The molecular formula is C21H19ClN4O3S. The number of halogens is 1. The summed E-state index contributed by atoms with van der Waals surface area (Å²) in [7, 11) is 1.59. The highest BCUT2D eigenvalue weighted by Gasteiger charge is 2.17. The first kappa shape index (κ1) is 21.5. The number of carbonyl (C=O) groups excluding carboxylic acids is 2. The van der Waals surface area contributed by atoms with Crippen molar-refractivity contribution in [3.8, 4) is 16.3 Å². The van der Waals surface area contributed by atoms with Gasteiger partial charge >= 0.3 is 0 Å². The molecule has 0 fully saturated rings. The monoisotopic (exact) mass is 442 g/mol. The molecule has 0 saturated carbocycles. The van der Waals surface area contributed by atoms with Crippen molar-refractivity contribution in [1.29, 1.82) is 0 Å². The van der Waals surface area contributed by atoms with Crippen LogP contribution in [0.3, 0.4) is 0 Å². The van der Waals surface area contributed by atoms with Gasteiger partial charge in [-0.2, -0.15) is 0 Å². The fourth-order valence-corrected chi connectivity index (χ4v) is 3.29. The molecule has 2 amide bonds. The number of carbonyl (C=O) groups is 2. The van der Waals surface area contributed by atoms with Crippen LogP contribution in [0.4, 0.5) is 5.13 Å². The molecule has 3 aromatic rings. The summed E-state index contributed by atoms with van der Waals surface area (Å²) in [5.74, 6) is -0.0367. The molecule has 3 rings (SSSR count). The van der Waals surface area contributed by atoms with Crippen molar-refractivity contribution >= 4 is 46.0 Å². The summed E-state index contributed by atoms with van der Waals surface area (Å²) < 4.78 is 5.09. The standard InChI is InChI=1S/C21H19ClN4O3S/c1-13(23-18(27)12-5-14-3-10-17(29-2)11-4-14)19(28)24-21-26-25-20(30-21)15-6-8-16(22)9-7-15/h3-13H,1-2H3,(H,23,27)(H,24,26,28)/b12-5+/t13-/m1/s1. The Morgan fingerprint density at radius 1 is 1.10 bits per heavy atom. The van der Waals surface area contributed by atoms with E-state index >= 15 is 0 Å². The average Bonchev–Trinajstić information content (AvgIpc) is 3.21. The number of methoxy groups -OCH3 is 1. The van der Waals surface area contributed by atoms with E-state index in [4.69, 9.17) is 16.3 Å². The molecule has 2 aromatic carbocycles. The van der Waals surface area contributed by atoms with Gasteiger partial charge in [0, 0.05) is 16.7 Å². The number of nitrogens with one attached hydrogen (secondary N) is 2. The summed E-state index contributed by atoms with van der Waals surface area (Å²) in [5, 5.41) is 14.9. The van der Waals surface area contributed by atoms with Gasteiger partial charge in [0.2, 0.25) is 16.9 Å². The lowest BCUT2D eigenvalue weighted by Crippen LogP contribution is -2.40. The maximum absolute atomic E-state index is 12.3. The van der Waals surface area contributed by atoms with Crippen molar-refractivity contribution in [3.63, 3.8) is 0 Å². The van der Waals surface area contributed by atoms with Gasteiger partial charge in [0.1, 0.15) is 16.8 Å². The smallest absolute Gasteiger partial charge is 0.248 e. The molecule has 0 spiro atoms. The van der Waals surface area contributed by atoms with Crippen molar-refractivity contribution in [1.82, 2.24) is 15.5 Å². The molecule has 1 aromatic heterocycles. The van der Waals surface area contributed by atoms with E-state index in [-0.39, 0.29) is 11.8 Å². The average molecular weight is 443 g/mol. The van der Waals surface area contributed by atoms with Crippen LogP contribution in [0, 0.1) is 0 Å². The van der Waals surface area contributed by atoms with E-state index in [1.807, 2.05) is 24.3 Å². The van der Waals surface area contributed by atoms with Crippen molar-refractivity contribution in [2.45, 2.75) is 13.0 Å².